The second kappa shape index (κ2) is 8.00. The maximum absolute atomic E-state index is 12.9. The fourth-order valence-corrected chi connectivity index (χ4v) is 6.84. The molecule has 1 aromatic carbocycles. The third kappa shape index (κ3) is 4.23. The van der Waals surface area contributed by atoms with Crippen molar-refractivity contribution < 1.29 is 13.2 Å². The largest absolute Gasteiger partial charge is 0.350 e. The second-order valence-electron chi connectivity index (χ2n) is 9.44. The fraction of sp³-hybridized carbons (Fsp3) is 0.682. The number of hydrogen-bond acceptors (Lipinski definition) is 4. The molecular formula is C22H33N3O3S. The Hall–Kier alpha value is -1.44. The van der Waals surface area contributed by atoms with Crippen molar-refractivity contribution in [1.82, 2.24) is 14.5 Å². The van der Waals surface area contributed by atoms with E-state index in [9.17, 15) is 13.2 Å². The minimum atomic E-state index is -3.34. The number of carbonyl (C=O) groups excluding carboxylic acids is 1. The molecule has 3 heterocycles. The average Bonchev–Trinajstić information content (AvgIpc) is 3.21. The monoisotopic (exact) mass is 419 g/mol. The van der Waals surface area contributed by atoms with Gasteiger partial charge in [0.25, 0.3) is 0 Å². The summed E-state index contributed by atoms with van der Waals surface area (Å²) in [6, 6.07) is 9.35. The molecule has 29 heavy (non-hydrogen) atoms. The van der Waals surface area contributed by atoms with Crippen LogP contribution in [0.15, 0.2) is 30.3 Å². The van der Waals surface area contributed by atoms with E-state index in [-0.39, 0.29) is 23.1 Å². The Bertz CT molecular complexity index is 832. The molecule has 1 spiro atoms. The molecule has 0 radical (unpaired) electrons. The highest BCUT2D eigenvalue weighted by Gasteiger charge is 2.57. The van der Waals surface area contributed by atoms with Crippen molar-refractivity contribution in [3.05, 3.63) is 35.9 Å². The molecule has 7 heteroatoms. The molecule has 160 valence electrons. The predicted octanol–water partition coefficient (Wildman–Crippen LogP) is 2.07. The quantitative estimate of drug-likeness (QED) is 0.766. The van der Waals surface area contributed by atoms with E-state index in [2.05, 4.69) is 24.1 Å². The highest BCUT2D eigenvalue weighted by atomic mass is 32.2. The van der Waals surface area contributed by atoms with E-state index >= 15 is 0 Å². The van der Waals surface area contributed by atoms with Gasteiger partial charge in [0, 0.05) is 37.6 Å². The lowest BCUT2D eigenvalue weighted by Crippen LogP contribution is -2.56. The zero-order chi connectivity index (χ0) is 20.6. The summed E-state index contributed by atoms with van der Waals surface area (Å²) in [6.45, 7) is 8.29. The van der Waals surface area contributed by atoms with Crippen LogP contribution < -0.4 is 5.32 Å². The number of likely N-dealkylation sites (tertiary alicyclic amines) is 1. The number of piperidine rings is 1. The van der Waals surface area contributed by atoms with Gasteiger partial charge in [0.15, 0.2) is 0 Å². The van der Waals surface area contributed by atoms with Gasteiger partial charge in [-0.1, -0.05) is 44.2 Å². The van der Waals surface area contributed by atoms with Crippen LogP contribution in [-0.2, 0) is 20.6 Å². The molecule has 6 nitrogen and oxygen atoms in total. The molecule has 0 bridgehead atoms. The minimum absolute atomic E-state index is 0.0439. The Morgan fingerprint density at radius 1 is 1.14 bits per heavy atom. The molecule has 3 aliphatic rings. The van der Waals surface area contributed by atoms with Crippen LogP contribution in [-0.4, -0.2) is 61.8 Å². The third-order valence-electron chi connectivity index (χ3n) is 7.04. The summed E-state index contributed by atoms with van der Waals surface area (Å²) in [4.78, 5) is 15.1. The van der Waals surface area contributed by atoms with E-state index in [0.717, 1.165) is 31.6 Å². The lowest BCUT2D eigenvalue weighted by Gasteiger charge is -2.42. The van der Waals surface area contributed by atoms with Gasteiger partial charge < -0.3 is 10.2 Å². The number of hydrogen-bond donors (Lipinski definition) is 1. The van der Waals surface area contributed by atoms with Gasteiger partial charge in [-0.3, -0.25) is 4.79 Å². The van der Waals surface area contributed by atoms with Crippen LogP contribution >= 0.6 is 0 Å². The number of nitrogens with zero attached hydrogens (tertiary/aromatic N) is 2. The summed E-state index contributed by atoms with van der Waals surface area (Å²) in [7, 11) is -3.34. The van der Waals surface area contributed by atoms with Gasteiger partial charge >= 0.3 is 0 Å². The van der Waals surface area contributed by atoms with Gasteiger partial charge in [-0.25, -0.2) is 12.7 Å². The summed E-state index contributed by atoms with van der Waals surface area (Å²) in [6.07, 6.45) is 2.58. The highest BCUT2D eigenvalue weighted by Crippen LogP contribution is 2.44. The average molecular weight is 420 g/mol. The van der Waals surface area contributed by atoms with Gasteiger partial charge in [-0.05, 0) is 37.3 Å². The molecule has 3 fully saturated rings. The first kappa shape index (κ1) is 20.8. The maximum atomic E-state index is 12.9. The third-order valence-corrected chi connectivity index (χ3v) is 8.89. The smallest absolute Gasteiger partial charge is 0.225 e. The zero-order valence-corrected chi connectivity index (χ0v) is 18.3. The Kier molecular flexibility index (Phi) is 5.75. The topological polar surface area (TPSA) is 69.7 Å². The molecule has 4 rings (SSSR count). The summed E-state index contributed by atoms with van der Waals surface area (Å²) in [5.41, 5.74) is 0.589. The van der Waals surface area contributed by atoms with Gasteiger partial charge in [0.2, 0.25) is 15.9 Å². The number of rotatable bonds is 6. The second-order valence-corrected chi connectivity index (χ2v) is 11.4. The van der Waals surface area contributed by atoms with E-state index in [4.69, 9.17) is 0 Å². The van der Waals surface area contributed by atoms with E-state index < -0.39 is 10.0 Å². The predicted molar refractivity (Wildman–Crippen MR) is 114 cm³/mol. The summed E-state index contributed by atoms with van der Waals surface area (Å²) < 4.78 is 27.4. The standard InChI is InChI=1S/C22H33N3O3S/c1-17(2)8-11-24-14-19-20(15-24)22(23-21(19)26)9-12-25(13-10-22)29(27,28)16-18-6-4-3-5-7-18/h3-7,17,19-20H,8-16H2,1-2H3,(H,23,26)/t19-,20+/m1/s1. The number of amides is 1. The van der Waals surface area contributed by atoms with Crippen molar-refractivity contribution in [3.63, 3.8) is 0 Å². The molecule has 3 aliphatic heterocycles. The number of sulfonamides is 1. The van der Waals surface area contributed by atoms with Crippen molar-refractivity contribution >= 4 is 15.9 Å². The van der Waals surface area contributed by atoms with Crippen LogP contribution in [0.2, 0.25) is 0 Å². The highest BCUT2D eigenvalue weighted by molar-refractivity contribution is 7.88. The van der Waals surface area contributed by atoms with E-state index in [1.165, 1.54) is 0 Å². The Morgan fingerprint density at radius 2 is 1.83 bits per heavy atom. The zero-order valence-electron chi connectivity index (χ0n) is 17.5. The van der Waals surface area contributed by atoms with E-state index in [1.807, 2.05) is 30.3 Å². The fourth-order valence-electron chi connectivity index (χ4n) is 5.30. The van der Waals surface area contributed by atoms with Crippen molar-refractivity contribution in [3.8, 4) is 0 Å². The molecule has 0 aliphatic carbocycles. The Balaban J connectivity index is 1.40. The van der Waals surface area contributed by atoms with Crippen LogP contribution in [0.3, 0.4) is 0 Å². The van der Waals surface area contributed by atoms with Crippen molar-refractivity contribution in [2.75, 3.05) is 32.7 Å². The maximum Gasteiger partial charge on any atom is 0.225 e. The first-order chi connectivity index (χ1) is 13.8. The molecule has 0 aromatic heterocycles. The van der Waals surface area contributed by atoms with Crippen LogP contribution in [0.4, 0.5) is 0 Å². The number of benzene rings is 1. The lowest BCUT2D eigenvalue weighted by molar-refractivity contribution is -0.123. The normalized spacial score (nSPS) is 27.5. The van der Waals surface area contributed by atoms with Gasteiger partial charge in [0.1, 0.15) is 0 Å². The van der Waals surface area contributed by atoms with Crippen molar-refractivity contribution in [1.29, 1.82) is 0 Å². The summed E-state index contributed by atoms with van der Waals surface area (Å²) >= 11 is 0. The minimum Gasteiger partial charge on any atom is -0.350 e. The van der Waals surface area contributed by atoms with Crippen LogP contribution in [0.1, 0.15) is 38.7 Å². The van der Waals surface area contributed by atoms with Crippen molar-refractivity contribution in [2.24, 2.45) is 17.8 Å². The summed E-state index contributed by atoms with van der Waals surface area (Å²) in [5.74, 6) is 1.25. The van der Waals surface area contributed by atoms with Crippen LogP contribution in [0, 0.1) is 17.8 Å². The molecule has 1 aromatic rings. The first-order valence-electron chi connectivity index (χ1n) is 10.9. The van der Waals surface area contributed by atoms with Gasteiger partial charge in [0.05, 0.1) is 11.7 Å². The Morgan fingerprint density at radius 3 is 2.48 bits per heavy atom. The molecule has 1 N–H and O–H groups in total. The molecule has 3 saturated heterocycles. The number of nitrogens with one attached hydrogen (secondary N) is 1. The van der Waals surface area contributed by atoms with E-state index in [1.54, 1.807) is 4.31 Å². The Labute approximate surface area is 174 Å². The molecular weight excluding hydrogens is 386 g/mol. The van der Waals surface area contributed by atoms with Gasteiger partial charge in [-0.2, -0.15) is 0 Å². The molecule has 0 unspecified atom stereocenters. The molecule has 0 saturated carbocycles. The van der Waals surface area contributed by atoms with E-state index in [0.29, 0.717) is 37.8 Å². The number of fused-ring (bicyclic) bond motifs is 2. The van der Waals surface area contributed by atoms with Crippen LogP contribution in [0.5, 0.6) is 0 Å². The van der Waals surface area contributed by atoms with Crippen LogP contribution in [0.25, 0.3) is 0 Å². The lowest BCUT2D eigenvalue weighted by atomic mass is 9.76. The number of carbonyl (C=O) groups is 1. The molecule has 1 amide bonds. The summed E-state index contributed by atoms with van der Waals surface area (Å²) in [5, 5.41) is 3.29. The SMILES string of the molecule is CC(C)CCN1C[C@H]2C(=O)NC3(CCN(S(=O)(=O)Cc4ccccc4)CC3)[C@H]2C1. The van der Waals surface area contributed by atoms with Gasteiger partial charge in [-0.15, -0.1) is 0 Å². The van der Waals surface area contributed by atoms with Crippen molar-refractivity contribution in [2.45, 2.75) is 44.4 Å². The molecule has 2 atom stereocenters. The first-order valence-corrected chi connectivity index (χ1v) is 12.5.